The highest BCUT2D eigenvalue weighted by molar-refractivity contribution is 5.75. The third-order valence-corrected chi connectivity index (χ3v) is 1.73. The van der Waals surface area contributed by atoms with E-state index in [1.807, 2.05) is 6.92 Å². The number of nitrogens with one attached hydrogen (secondary N) is 1. The molecule has 0 aromatic heterocycles. The zero-order chi connectivity index (χ0) is 9.23. The van der Waals surface area contributed by atoms with Crippen LogP contribution >= 0.6 is 0 Å². The maximum Gasteiger partial charge on any atom is 0.219 e. The maximum atomic E-state index is 11.0. The zero-order valence-electron chi connectivity index (χ0n) is 8.07. The van der Waals surface area contributed by atoms with Crippen LogP contribution in [0.2, 0.25) is 0 Å². The summed E-state index contributed by atoms with van der Waals surface area (Å²) >= 11 is 0. The molecule has 0 unspecified atom stereocenters. The number of unbranched alkanes of at least 4 members (excludes halogenated alkanes) is 3. The Hall–Kier alpha value is -0.530. The van der Waals surface area contributed by atoms with Gasteiger partial charge in [0.1, 0.15) is 0 Å². The number of hydrogen-bond donors (Lipinski definition) is 1. The van der Waals surface area contributed by atoms with Gasteiger partial charge in [-0.05, 0) is 12.8 Å². The van der Waals surface area contributed by atoms with Gasteiger partial charge in [0, 0.05) is 13.0 Å². The summed E-state index contributed by atoms with van der Waals surface area (Å²) in [4.78, 5) is 11.0. The first-order valence-electron chi connectivity index (χ1n) is 4.87. The molecule has 0 spiro atoms. The molecule has 1 amide bonds. The van der Waals surface area contributed by atoms with Crippen LogP contribution in [0.15, 0.2) is 0 Å². The van der Waals surface area contributed by atoms with Gasteiger partial charge in [0.05, 0.1) is 0 Å². The third kappa shape index (κ3) is 7.58. The number of amides is 1. The molecule has 2 nitrogen and oxygen atoms in total. The van der Waals surface area contributed by atoms with E-state index in [2.05, 4.69) is 12.2 Å². The molecule has 0 heterocycles. The first-order chi connectivity index (χ1) is 5.81. The van der Waals surface area contributed by atoms with Gasteiger partial charge in [0.2, 0.25) is 5.91 Å². The van der Waals surface area contributed by atoms with E-state index in [9.17, 15) is 4.79 Å². The average molecular weight is 170 g/mol. The summed E-state index contributed by atoms with van der Waals surface area (Å²) in [6.07, 6.45) is 6.04. The maximum absolute atomic E-state index is 11.0. The summed E-state index contributed by atoms with van der Waals surface area (Å²) in [7, 11) is 0. The van der Waals surface area contributed by atoms with Crippen molar-refractivity contribution < 1.29 is 4.79 Å². The monoisotopic (exact) mass is 170 g/mol. The molecular weight excluding hydrogens is 150 g/mol. The van der Waals surface area contributed by atoms with Crippen molar-refractivity contribution in [3.63, 3.8) is 0 Å². The molecule has 0 saturated heterocycles. The fraction of sp³-hybridized carbons (Fsp3) is 0.800. The van der Waals surface area contributed by atoms with Crippen LogP contribution in [0.3, 0.4) is 0 Å². The number of rotatable bonds is 7. The standard InChI is InChI=1S/C10H20NO/c1-3-5-6-7-9-11-10(12)8-4-2/h1,3-9H2,2H3,(H,11,12). The second-order valence-corrected chi connectivity index (χ2v) is 3.01. The molecule has 0 bridgehead atoms. The van der Waals surface area contributed by atoms with Crippen LogP contribution in [0.25, 0.3) is 0 Å². The second-order valence-electron chi connectivity index (χ2n) is 3.01. The van der Waals surface area contributed by atoms with E-state index in [4.69, 9.17) is 0 Å². The zero-order valence-corrected chi connectivity index (χ0v) is 8.07. The lowest BCUT2D eigenvalue weighted by atomic mass is 10.2. The Balaban J connectivity index is 3.03. The molecule has 1 N–H and O–H groups in total. The smallest absolute Gasteiger partial charge is 0.219 e. The van der Waals surface area contributed by atoms with Crippen LogP contribution in [0.4, 0.5) is 0 Å². The van der Waals surface area contributed by atoms with Crippen LogP contribution in [0.5, 0.6) is 0 Å². The second kappa shape index (κ2) is 8.57. The Morgan fingerprint density at radius 3 is 2.67 bits per heavy atom. The van der Waals surface area contributed by atoms with E-state index in [-0.39, 0.29) is 5.91 Å². The number of carbonyl (C=O) groups excluding carboxylic acids is 1. The highest BCUT2D eigenvalue weighted by atomic mass is 16.1. The molecule has 0 aromatic carbocycles. The molecule has 0 aliphatic heterocycles. The molecule has 71 valence electrons. The average Bonchev–Trinajstić information content (AvgIpc) is 2.05. The highest BCUT2D eigenvalue weighted by Crippen LogP contribution is 1.96. The van der Waals surface area contributed by atoms with Crippen molar-refractivity contribution in [2.24, 2.45) is 0 Å². The van der Waals surface area contributed by atoms with E-state index < -0.39 is 0 Å². The molecule has 0 fully saturated rings. The van der Waals surface area contributed by atoms with Crippen LogP contribution < -0.4 is 5.32 Å². The minimum absolute atomic E-state index is 0.187. The van der Waals surface area contributed by atoms with Crippen molar-refractivity contribution in [2.45, 2.75) is 45.4 Å². The van der Waals surface area contributed by atoms with E-state index in [0.717, 1.165) is 25.8 Å². The van der Waals surface area contributed by atoms with Gasteiger partial charge in [-0.1, -0.05) is 33.1 Å². The molecule has 0 aliphatic rings. The van der Waals surface area contributed by atoms with Crippen molar-refractivity contribution in [1.82, 2.24) is 5.32 Å². The first-order valence-corrected chi connectivity index (χ1v) is 4.87. The molecule has 0 aromatic rings. The lowest BCUT2D eigenvalue weighted by molar-refractivity contribution is -0.121. The van der Waals surface area contributed by atoms with Crippen molar-refractivity contribution in [3.8, 4) is 0 Å². The predicted molar refractivity (Wildman–Crippen MR) is 51.7 cm³/mol. The Morgan fingerprint density at radius 2 is 2.08 bits per heavy atom. The van der Waals surface area contributed by atoms with Gasteiger partial charge in [-0.15, -0.1) is 0 Å². The molecule has 12 heavy (non-hydrogen) atoms. The number of hydrogen-bond acceptors (Lipinski definition) is 1. The number of carbonyl (C=O) groups is 1. The van der Waals surface area contributed by atoms with Gasteiger partial charge >= 0.3 is 0 Å². The highest BCUT2D eigenvalue weighted by Gasteiger charge is 1.96. The molecule has 2 heteroatoms. The Kier molecular flexibility index (Phi) is 8.19. The SMILES string of the molecule is [CH2]CCCCCNC(=O)CCC. The van der Waals surface area contributed by atoms with Gasteiger partial charge in [0.25, 0.3) is 0 Å². The molecule has 0 rings (SSSR count). The van der Waals surface area contributed by atoms with Crippen LogP contribution in [-0.2, 0) is 4.79 Å². The molecule has 0 aliphatic carbocycles. The summed E-state index contributed by atoms with van der Waals surface area (Å²) in [6, 6.07) is 0. The van der Waals surface area contributed by atoms with Crippen LogP contribution in [0.1, 0.15) is 45.4 Å². The van der Waals surface area contributed by atoms with Crippen molar-refractivity contribution >= 4 is 5.91 Å². The van der Waals surface area contributed by atoms with E-state index >= 15 is 0 Å². The summed E-state index contributed by atoms with van der Waals surface area (Å²) in [5.41, 5.74) is 0. The Labute approximate surface area is 75.7 Å². The van der Waals surface area contributed by atoms with Crippen molar-refractivity contribution in [3.05, 3.63) is 6.92 Å². The lowest BCUT2D eigenvalue weighted by Crippen LogP contribution is -2.23. The van der Waals surface area contributed by atoms with E-state index in [1.54, 1.807) is 0 Å². The molecule has 0 saturated carbocycles. The van der Waals surface area contributed by atoms with Gasteiger partial charge in [-0.3, -0.25) is 4.79 Å². The van der Waals surface area contributed by atoms with E-state index in [0.29, 0.717) is 6.42 Å². The van der Waals surface area contributed by atoms with Gasteiger partial charge in [0.15, 0.2) is 0 Å². The topological polar surface area (TPSA) is 29.1 Å². The van der Waals surface area contributed by atoms with Gasteiger partial charge < -0.3 is 5.32 Å². The van der Waals surface area contributed by atoms with Crippen LogP contribution in [0, 0.1) is 6.92 Å². The van der Waals surface area contributed by atoms with Crippen molar-refractivity contribution in [2.75, 3.05) is 6.54 Å². The minimum atomic E-state index is 0.187. The van der Waals surface area contributed by atoms with E-state index in [1.165, 1.54) is 12.8 Å². The molecule has 0 atom stereocenters. The van der Waals surface area contributed by atoms with Gasteiger partial charge in [-0.25, -0.2) is 0 Å². The molecule has 1 radical (unpaired) electrons. The Bertz CT molecular complexity index is 112. The summed E-state index contributed by atoms with van der Waals surface area (Å²) in [5.74, 6) is 0.187. The summed E-state index contributed by atoms with van der Waals surface area (Å²) in [5, 5.41) is 2.88. The quantitative estimate of drug-likeness (QED) is 0.584. The normalized spacial score (nSPS) is 9.83. The lowest BCUT2D eigenvalue weighted by Gasteiger charge is -2.02. The fourth-order valence-electron chi connectivity index (χ4n) is 1.02. The van der Waals surface area contributed by atoms with Gasteiger partial charge in [-0.2, -0.15) is 0 Å². The predicted octanol–water partition coefficient (Wildman–Crippen LogP) is 2.30. The Morgan fingerprint density at radius 1 is 1.33 bits per heavy atom. The largest absolute Gasteiger partial charge is 0.356 e. The minimum Gasteiger partial charge on any atom is -0.356 e. The molecular formula is C10H20NO. The van der Waals surface area contributed by atoms with Crippen LogP contribution in [-0.4, -0.2) is 12.5 Å². The first kappa shape index (κ1) is 11.5. The summed E-state index contributed by atoms with van der Waals surface area (Å²) in [6.45, 7) is 6.61. The third-order valence-electron chi connectivity index (χ3n) is 1.73. The summed E-state index contributed by atoms with van der Waals surface area (Å²) < 4.78 is 0. The fourth-order valence-corrected chi connectivity index (χ4v) is 1.02. The van der Waals surface area contributed by atoms with Crippen molar-refractivity contribution in [1.29, 1.82) is 0 Å².